The number of amides is 1. The van der Waals surface area contributed by atoms with Gasteiger partial charge in [-0.05, 0) is 51.4 Å². The fraction of sp³-hybridized carbons (Fsp3) is 0.500. The van der Waals surface area contributed by atoms with Crippen molar-refractivity contribution in [3.05, 3.63) is 35.4 Å². The summed E-state index contributed by atoms with van der Waals surface area (Å²) in [5, 5.41) is 12.5. The zero-order valence-electron chi connectivity index (χ0n) is 12.6. The van der Waals surface area contributed by atoms with E-state index >= 15 is 0 Å². The SMILES string of the molecule is CNCCc1ccccc1C(=O)N1CCCC1(C)C(=O)O. The molecule has 1 saturated heterocycles. The first-order valence-corrected chi connectivity index (χ1v) is 7.28. The number of carbonyl (C=O) groups is 2. The Labute approximate surface area is 125 Å². The van der Waals surface area contributed by atoms with Gasteiger partial charge in [-0.25, -0.2) is 4.79 Å². The molecule has 0 bridgehead atoms. The molecule has 1 unspecified atom stereocenters. The minimum absolute atomic E-state index is 0.177. The zero-order valence-corrected chi connectivity index (χ0v) is 12.6. The highest BCUT2D eigenvalue weighted by atomic mass is 16.4. The molecule has 1 heterocycles. The van der Waals surface area contributed by atoms with Crippen molar-refractivity contribution in [1.29, 1.82) is 0 Å². The van der Waals surface area contributed by atoms with E-state index in [-0.39, 0.29) is 5.91 Å². The van der Waals surface area contributed by atoms with Crippen LogP contribution in [0, 0.1) is 0 Å². The van der Waals surface area contributed by atoms with Crippen LogP contribution in [0.15, 0.2) is 24.3 Å². The lowest BCUT2D eigenvalue weighted by molar-refractivity contribution is -0.147. The van der Waals surface area contributed by atoms with Crippen LogP contribution >= 0.6 is 0 Å². The van der Waals surface area contributed by atoms with Crippen LogP contribution in [0.3, 0.4) is 0 Å². The average Bonchev–Trinajstić information content (AvgIpc) is 2.88. The van der Waals surface area contributed by atoms with Crippen LogP contribution in [0.2, 0.25) is 0 Å². The largest absolute Gasteiger partial charge is 0.480 e. The van der Waals surface area contributed by atoms with Gasteiger partial charge in [0.25, 0.3) is 5.91 Å². The molecule has 0 radical (unpaired) electrons. The van der Waals surface area contributed by atoms with Gasteiger partial charge >= 0.3 is 5.97 Å². The Morgan fingerprint density at radius 3 is 2.76 bits per heavy atom. The third-order valence-electron chi connectivity index (χ3n) is 4.24. The molecule has 1 fully saturated rings. The van der Waals surface area contributed by atoms with Gasteiger partial charge in [-0.15, -0.1) is 0 Å². The van der Waals surface area contributed by atoms with Crippen LogP contribution in [0.5, 0.6) is 0 Å². The zero-order chi connectivity index (χ0) is 15.5. The number of nitrogens with zero attached hydrogens (tertiary/aromatic N) is 1. The van der Waals surface area contributed by atoms with E-state index in [0.29, 0.717) is 18.5 Å². The van der Waals surface area contributed by atoms with Crippen molar-refractivity contribution >= 4 is 11.9 Å². The number of likely N-dealkylation sites (tertiary alicyclic amines) is 1. The molecule has 0 aliphatic carbocycles. The van der Waals surface area contributed by atoms with Crippen molar-refractivity contribution in [3.8, 4) is 0 Å². The first kappa shape index (κ1) is 15.5. The van der Waals surface area contributed by atoms with Gasteiger partial charge in [0.05, 0.1) is 0 Å². The van der Waals surface area contributed by atoms with Gasteiger partial charge in [-0.2, -0.15) is 0 Å². The smallest absolute Gasteiger partial charge is 0.329 e. The van der Waals surface area contributed by atoms with Gasteiger partial charge in [0.1, 0.15) is 5.54 Å². The van der Waals surface area contributed by atoms with E-state index < -0.39 is 11.5 Å². The highest BCUT2D eigenvalue weighted by molar-refractivity contribution is 5.99. The summed E-state index contributed by atoms with van der Waals surface area (Å²) in [6.45, 7) is 2.92. The Morgan fingerprint density at radius 1 is 1.38 bits per heavy atom. The van der Waals surface area contributed by atoms with E-state index in [9.17, 15) is 14.7 Å². The number of hydrogen-bond donors (Lipinski definition) is 2. The Balaban J connectivity index is 2.30. The standard InChI is InChI=1S/C16H22N2O3/c1-16(15(20)21)9-5-11-18(16)14(19)13-7-4-3-6-12(13)8-10-17-2/h3-4,6-7,17H,5,8-11H2,1-2H3,(H,20,21). The van der Waals surface area contributed by atoms with Gasteiger partial charge in [0.2, 0.25) is 0 Å². The molecule has 21 heavy (non-hydrogen) atoms. The maximum Gasteiger partial charge on any atom is 0.329 e. The highest BCUT2D eigenvalue weighted by Gasteiger charge is 2.46. The minimum Gasteiger partial charge on any atom is -0.480 e. The van der Waals surface area contributed by atoms with Crippen LogP contribution < -0.4 is 5.32 Å². The summed E-state index contributed by atoms with van der Waals surface area (Å²) < 4.78 is 0. The first-order chi connectivity index (χ1) is 10.0. The van der Waals surface area contributed by atoms with E-state index in [2.05, 4.69) is 5.32 Å². The van der Waals surface area contributed by atoms with E-state index in [1.54, 1.807) is 13.0 Å². The molecule has 1 aliphatic rings. The van der Waals surface area contributed by atoms with Crippen LogP contribution in [0.4, 0.5) is 0 Å². The summed E-state index contributed by atoms with van der Waals surface area (Å²) in [5.74, 6) is -1.11. The normalized spacial score (nSPS) is 21.5. The maximum absolute atomic E-state index is 12.8. The quantitative estimate of drug-likeness (QED) is 0.863. The van der Waals surface area contributed by atoms with Gasteiger partial charge in [-0.1, -0.05) is 18.2 Å². The summed E-state index contributed by atoms with van der Waals surface area (Å²) in [4.78, 5) is 25.8. The molecule has 2 N–H and O–H groups in total. The van der Waals surface area contributed by atoms with Gasteiger partial charge in [-0.3, -0.25) is 4.79 Å². The van der Waals surface area contributed by atoms with Gasteiger partial charge in [0, 0.05) is 12.1 Å². The molecule has 1 amide bonds. The van der Waals surface area contributed by atoms with Crippen LogP contribution in [-0.4, -0.2) is 47.6 Å². The van der Waals surface area contributed by atoms with Gasteiger partial charge in [0.15, 0.2) is 0 Å². The van der Waals surface area contributed by atoms with Crippen molar-refractivity contribution in [3.63, 3.8) is 0 Å². The molecule has 1 aromatic rings. The van der Waals surface area contributed by atoms with Crippen molar-refractivity contribution < 1.29 is 14.7 Å². The number of carboxylic acid groups (broad SMARTS) is 1. The molecular formula is C16H22N2O3. The summed E-state index contributed by atoms with van der Waals surface area (Å²) in [5.41, 5.74) is 0.478. The lowest BCUT2D eigenvalue weighted by atomic mass is 9.97. The van der Waals surface area contributed by atoms with Crippen molar-refractivity contribution in [2.24, 2.45) is 0 Å². The number of rotatable bonds is 5. The molecule has 114 valence electrons. The number of benzene rings is 1. The summed E-state index contributed by atoms with van der Waals surface area (Å²) in [6.07, 6.45) is 1.98. The fourth-order valence-electron chi connectivity index (χ4n) is 2.86. The van der Waals surface area contributed by atoms with Crippen LogP contribution in [0.25, 0.3) is 0 Å². The molecule has 0 aromatic heterocycles. The lowest BCUT2D eigenvalue weighted by Gasteiger charge is -2.31. The third-order valence-corrected chi connectivity index (χ3v) is 4.24. The molecule has 1 atom stereocenters. The Hall–Kier alpha value is -1.88. The number of hydrogen-bond acceptors (Lipinski definition) is 3. The monoisotopic (exact) mass is 290 g/mol. The molecule has 5 heteroatoms. The van der Waals surface area contributed by atoms with Crippen LogP contribution in [0.1, 0.15) is 35.7 Å². The van der Waals surface area contributed by atoms with E-state index in [1.807, 2.05) is 25.2 Å². The predicted octanol–water partition coefficient (Wildman–Crippen LogP) is 1.53. The molecule has 0 spiro atoms. The van der Waals surface area contributed by atoms with Crippen molar-refractivity contribution in [1.82, 2.24) is 10.2 Å². The van der Waals surface area contributed by atoms with E-state index in [4.69, 9.17) is 0 Å². The number of nitrogens with one attached hydrogen (secondary N) is 1. The molecule has 2 rings (SSSR count). The predicted molar refractivity (Wildman–Crippen MR) is 80.4 cm³/mol. The molecule has 5 nitrogen and oxygen atoms in total. The number of carbonyl (C=O) groups excluding carboxylic acids is 1. The van der Waals surface area contributed by atoms with E-state index in [0.717, 1.165) is 24.9 Å². The van der Waals surface area contributed by atoms with E-state index in [1.165, 1.54) is 4.90 Å². The molecule has 0 saturated carbocycles. The molecule has 1 aliphatic heterocycles. The highest BCUT2D eigenvalue weighted by Crippen LogP contribution is 2.31. The second-order valence-corrected chi connectivity index (χ2v) is 5.65. The number of aliphatic carboxylic acids is 1. The Kier molecular flexibility index (Phi) is 4.63. The Morgan fingerprint density at radius 2 is 2.10 bits per heavy atom. The fourth-order valence-corrected chi connectivity index (χ4v) is 2.86. The third kappa shape index (κ3) is 2.93. The summed E-state index contributed by atoms with van der Waals surface area (Å²) >= 11 is 0. The topological polar surface area (TPSA) is 69.6 Å². The van der Waals surface area contributed by atoms with Crippen LogP contribution in [-0.2, 0) is 11.2 Å². The Bertz CT molecular complexity index is 544. The van der Waals surface area contributed by atoms with Crippen molar-refractivity contribution in [2.45, 2.75) is 31.7 Å². The minimum atomic E-state index is -1.09. The first-order valence-electron chi connectivity index (χ1n) is 7.28. The number of carboxylic acids is 1. The lowest BCUT2D eigenvalue weighted by Crippen LogP contribution is -2.51. The summed E-state index contributed by atoms with van der Waals surface area (Å²) in [7, 11) is 1.87. The van der Waals surface area contributed by atoms with Crippen molar-refractivity contribution in [2.75, 3.05) is 20.1 Å². The second kappa shape index (κ2) is 6.26. The second-order valence-electron chi connectivity index (χ2n) is 5.65. The van der Waals surface area contributed by atoms with Gasteiger partial charge < -0.3 is 15.3 Å². The number of likely N-dealkylation sites (N-methyl/N-ethyl adjacent to an activating group) is 1. The average molecular weight is 290 g/mol. The maximum atomic E-state index is 12.8. The summed E-state index contributed by atoms with van der Waals surface area (Å²) in [6, 6.07) is 7.44. The molecule has 1 aromatic carbocycles. The molecular weight excluding hydrogens is 268 g/mol.